The third-order valence-electron chi connectivity index (χ3n) is 3.67. The highest BCUT2D eigenvalue weighted by molar-refractivity contribution is 6.10. The van der Waals surface area contributed by atoms with E-state index in [2.05, 4.69) is 0 Å². The summed E-state index contributed by atoms with van der Waals surface area (Å²) < 4.78 is 13.5. The molecular weight excluding hydrogens is 301 g/mol. The Balaban J connectivity index is 1.93. The van der Waals surface area contributed by atoms with E-state index in [0.717, 1.165) is 5.56 Å². The summed E-state index contributed by atoms with van der Waals surface area (Å²) in [5.41, 5.74) is 9.15. The first-order valence-corrected chi connectivity index (χ1v) is 7.56. The first-order valence-electron chi connectivity index (χ1n) is 7.56. The van der Waals surface area contributed by atoms with Crippen LogP contribution in [0, 0.1) is 5.82 Å². The van der Waals surface area contributed by atoms with E-state index in [-0.39, 0.29) is 11.6 Å². The number of hydrogen-bond donors (Lipinski definition) is 1. The molecule has 0 bridgehead atoms. The maximum Gasteiger partial charge on any atom is 0.186 e. The largest absolute Gasteiger partial charge is 0.399 e. The molecule has 3 aromatic rings. The van der Waals surface area contributed by atoms with E-state index in [4.69, 9.17) is 5.73 Å². The van der Waals surface area contributed by atoms with E-state index in [9.17, 15) is 9.18 Å². The minimum atomic E-state index is -0.329. The predicted octanol–water partition coefficient (Wildman–Crippen LogP) is 4.97. The van der Waals surface area contributed by atoms with Crippen molar-refractivity contribution in [2.75, 3.05) is 5.73 Å². The molecule has 118 valence electrons. The van der Waals surface area contributed by atoms with Crippen LogP contribution in [-0.2, 0) is 0 Å². The van der Waals surface area contributed by atoms with Gasteiger partial charge in [0.25, 0.3) is 0 Å². The van der Waals surface area contributed by atoms with Crippen molar-refractivity contribution < 1.29 is 9.18 Å². The van der Waals surface area contributed by atoms with Crippen molar-refractivity contribution in [3.8, 4) is 11.1 Å². The Bertz CT molecular complexity index is 915. The van der Waals surface area contributed by atoms with Crippen LogP contribution in [0.1, 0.15) is 15.9 Å². The van der Waals surface area contributed by atoms with Gasteiger partial charge < -0.3 is 5.73 Å². The van der Waals surface area contributed by atoms with Crippen LogP contribution in [0.25, 0.3) is 17.2 Å². The molecule has 0 unspecified atom stereocenters. The number of benzene rings is 3. The van der Waals surface area contributed by atoms with Crippen LogP contribution in [-0.4, -0.2) is 5.78 Å². The molecule has 3 rings (SSSR count). The molecule has 0 spiro atoms. The summed E-state index contributed by atoms with van der Waals surface area (Å²) in [7, 11) is 0. The Labute approximate surface area is 140 Å². The summed E-state index contributed by atoms with van der Waals surface area (Å²) >= 11 is 0. The summed E-state index contributed by atoms with van der Waals surface area (Å²) in [5, 5.41) is 0. The zero-order valence-electron chi connectivity index (χ0n) is 12.9. The van der Waals surface area contributed by atoms with E-state index in [0.29, 0.717) is 22.4 Å². The number of anilines is 1. The number of nitrogen functional groups attached to an aromatic ring is 1. The number of carbonyl (C=O) groups excluding carboxylic acids is 1. The van der Waals surface area contributed by atoms with Crippen LogP contribution in [0.5, 0.6) is 0 Å². The number of nitrogens with two attached hydrogens (primary N) is 1. The van der Waals surface area contributed by atoms with Crippen molar-refractivity contribution in [2.45, 2.75) is 0 Å². The van der Waals surface area contributed by atoms with Gasteiger partial charge in [-0.25, -0.2) is 4.39 Å². The Kier molecular flexibility index (Phi) is 4.52. The average Bonchev–Trinajstić information content (AvgIpc) is 2.60. The first-order chi connectivity index (χ1) is 11.6. The lowest BCUT2D eigenvalue weighted by atomic mass is 9.96. The Morgan fingerprint density at radius 2 is 1.71 bits per heavy atom. The van der Waals surface area contributed by atoms with Crippen LogP contribution in [0.3, 0.4) is 0 Å². The van der Waals surface area contributed by atoms with Gasteiger partial charge in [-0.2, -0.15) is 0 Å². The van der Waals surface area contributed by atoms with Crippen molar-refractivity contribution in [3.63, 3.8) is 0 Å². The van der Waals surface area contributed by atoms with E-state index in [1.54, 1.807) is 42.5 Å². The van der Waals surface area contributed by atoms with Gasteiger partial charge in [0.2, 0.25) is 0 Å². The minimum absolute atomic E-state index is 0.141. The molecule has 2 nitrogen and oxygen atoms in total. The van der Waals surface area contributed by atoms with Gasteiger partial charge in [-0.3, -0.25) is 4.79 Å². The number of ketones is 1. The van der Waals surface area contributed by atoms with Gasteiger partial charge in [-0.05, 0) is 47.0 Å². The lowest BCUT2D eigenvalue weighted by molar-refractivity contribution is 0.104. The number of halogens is 1. The Hall–Kier alpha value is -3.20. The molecule has 0 radical (unpaired) electrons. The summed E-state index contributed by atoms with van der Waals surface area (Å²) in [4.78, 5) is 12.6. The van der Waals surface area contributed by atoms with Gasteiger partial charge in [-0.15, -0.1) is 0 Å². The van der Waals surface area contributed by atoms with Crippen LogP contribution < -0.4 is 5.73 Å². The third-order valence-corrected chi connectivity index (χ3v) is 3.67. The van der Waals surface area contributed by atoms with Gasteiger partial charge in [-0.1, -0.05) is 54.6 Å². The quantitative estimate of drug-likeness (QED) is 0.419. The predicted molar refractivity (Wildman–Crippen MR) is 96.1 cm³/mol. The molecule has 3 heteroatoms. The van der Waals surface area contributed by atoms with Crippen LogP contribution in [0.4, 0.5) is 10.1 Å². The standard InChI is InChI=1S/C21H16FNO/c22-17-7-4-6-16(14-17)19-9-1-2-10-20(19)21(24)12-11-15-5-3-8-18(23)13-15/h1-14H,23H2. The topological polar surface area (TPSA) is 43.1 Å². The van der Waals surface area contributed by atoms with Gasteiger partial charge in [0.05, 0.1) is 0 Å². The normalized spacial score (nSPS) is 10.9. The molecule has 0 heterocycles. The number of rotatable bonds is 4. The zero-order chi connectivity index (χ0) is 16.9. The van der Waals surface area contributed by atoms with E-state index in [1.807, 2.05) is 24.3 Å². The van der Waals surface area contributed by atoms with Crippen molar-refractivity contribution in [3.05, 3.63) is 95.8 Å². The molecule has 0 aliphatic heterocycles. The molecule has 0 aliphatic rings. The lowest BCUT2D eigenvalue weighted by Crippen LogP contribution is -1.98. The minimum Gasteiger partial charge on any atom is -0.399 e. The number of allylic oxidation sites excluding steroid dienone is 1. The maximum atomic E-state index is 13.5. The highest BCUT2D eigenvalue weighted by Crippen LogP contribution is 2.25. The molecular formula is C21H16FNO. The molecule has 0 atom stereocenters. The van der Waals surface area contributed by atoms with Crippen LogP contribution in [0.15, 0.2) is 78.9 Å². The second-order valence-corrected chi connectivity index (χ2v) is 5.42. The molecule has 24 heavy (non-hydrogen) atoms. The molecule has 0 saturated heterocycles. The van der Waals surface area contributed by atoms with Crippen molar-refractivity contribution in [1.82, 2.24) is 0 Å². The second-order valence-electron chi connectivity index (χ2n) is 5.42. The van der Waals surface area contributed by atoms with E-state index in [1.165, 1.54) is 18.2 Å². The summed E-state index contributed by atoms with van der Waals surface area (Å²) in [6.07, 6.45) is 3.23. The monoisotopic (exact) mass is 317 g/mol. The zero-order valence-corrected chi connectivity index (χ0v) is 12.9. The lowest BCUT2D eigenvalue weighted by Gasteiger charge is -2.07. The summed E-state index contributed by atoms with van der Waals surface area (Å²) in [6, 6.07) is 20.7. The smallest absolute Gasteiger partial charge is 0.186 e. The molecule has 3 aromatic carbocycles. The third kappa shape index (κ3) is 3.58. The highest BCUT2D eigenvalue weighted by atomic mass is 19.1. The second kappa shape index (κ2) is 6.92. The molecule has 0 amide bonds. The number of hydrogen-bond acceptors (Lipinski definition) is 2. The molecule has 0 fully saturated rings. The van der Waals surface area contributed by atoms with E-state index < -0.39 is 0 Å². The van der Waals surface area contributed by atoms with Crippen LogP contribution in [0.2, 0.25) is 0 Å². The van der Waals surface area contributed by atoms with Crippen molar-refractivity contribution in [2.24, 2.45) is 0 Å². The fraction of sp³-hybridized carbons (Fsp3) is 0. The number of carbonyl (C=O) groups is 1. The summed E-state index contributed by atoms with van der Waals surface area (Å²) in [5.74, 6) is -0.470. The Morgan fingerprint density at radius 3 is 2.50 bits per heavy atom. The molecule has 0 saturated carbocycles. The fourth-order valence-electron chi connectivity index (χ4n) is 2.53. The van der Waals surface area contributed by atoms with Gasteiger partial charge >= 0.3 is 0 Å². The van der Waals surface area contributed by atoms with Gasteiger partial charge in [0.1, 0.15) is 5.82 Å². The molecule has 2 N–H and O–H groups in total. The summed E-state index contributed by atoms with van der Waals surface area (Å²) in [6.45, 7) is 0. The SMILES string of the molecule is Nc1cccc(C=CC(=O)c2ccccc2-c2cccc(F)c2)c1. The van der Waals surface area contributed by atoms with Gasteiger partial charge in [0.15, 0.2) is 5.78 Å². The fourth-order valence-corrected chi connectivity index (χ4v) is 2.53. The van der Waals surface area contributed by atoms with Gasteiger partial charge in [0, 0.05) is 11.3 Å². The molecule has 0 aromatic heterocycles. The first kappa shape index (κ1) is 15.7. The Morgan fingerprint density at radius 1 is 0.917 bits per heavy atom. The molecule has 0 aliphatic carbocycles. The van der Waals surface area contributed by atoms with Crippen molar-refractivity contribution in [1.29, 1.82) is 0 Å². The highest BCUT2D eigenvalue weighted by Gasteiger charge is 2.10. The average molecular weight is 317 g/mol. The van der Waals surface area contributed by atoms with Crippen molar-refractivity contribution >= 4 is 17.5 Å². The van der Waals surface area contributed by atoms with E-state index >= 15 is 0 Å². The maximum absolute atomic E-state index is 13.5. The van der Waals surface area contributed by atoms with Crippen LogP contribution >= 0.6 is 0 Å².